The number of phenols is 1. The van der Waals surface area contributed by atoms with E-state index in [9.17, 15) is 10.2 Å². The highest BCUT2D eigenvalue weighted by Crippen LogP contribution is 2.68. The van der Waals surface area contributed by atoms with Crippen LogP contribution in [-0.2, 0) is 5.41 Å². The zero-order chi connectivity index (χ0) is 17.2. The van der Waals surface area contributed by atoms with Gasteiger partial charge in [0.15, 0.2) is 0 Å². The maximum atomic E-state index is 10.0. The van der Waals surface area contributed by atoms with Crippen LogP contribution in [0.15, 0.2) is 47.7 Å². The van der Waals surface area contributed by atoms with Crippen LogP contribution in [0.5, 0.6) is 5.75 Å². The van der Waals surface area contributed by atoms with E-state index < -0.39 is 0 Å². The number of aliphatic hydroxyl groups excluding tert-OH is 1. The summed E-state index contributed by atoms with van der Waals surface area (Å²) < 4.78 is 0. The molecule has 2 heteroatoms. The molecular weight excluding hydrogens is 308 g/mol. The molecule has 0 saturated heterocycles. The second kappa shape index (κ2) is 5.16. The second-order valence-corrected chi connectivity index (χ2v) is 9.46. The summed E-state index contributed by atoms with van der Waals surface area (Å²) in [5, 5.41) is 19.7. The van der Waals surface area contributed by atoms with Crippen LogP contribution in [0.1, 0.15) is 57.4 Å². The zero-order valence-electron chi connectivity index (χ0n) is 15.0. The number of allylic oxidation sites excluding steroid dienone is 4. The lowest BCUT2D eigenvalue weighted by Gasteiger charge is -2.63. The third-order valence-electron chi connectivity index (χ3n) is 7.71. The molecular formula is C23H28O2. The summed E-state index contributed by atoms with van der Waals surface area (Å²) in [4.78, 5) is 0. The van der Waals surface area contributed by atoms with Crippen LogP contribution in [0.4, 0.5) is 0 Å². The Balaban J connectivity index is 1.56. The van der Waals surface area contributed by atoms with Crippen LogP contribution < -0.4 is 0 Å². The summed E-state index contributed by atoms with van der Waals surface area (Å²) in [6.07, 6.45) is 13.2. The first kappa shape index (κ1) is 15.5. The molecule has 0 aromatic heterocycles. The number of hydrogen-bond donors (Lipinski definition) is 2. The van der Waals surface area contributed by atoms with Gasteiger partial charge in [-0.05, 0) is 91.4 Å². The van der Waals surface area contributed by atoms with Crippen molar-refractivity contribution >= 4 is 0 Å². The van der Waals surface area contributed by atoms with Gasteiger partial charge in [-0.25, -0.2) is 0 Å². The molecule has 6 rings (SSSR count). The van der Waals surface area contributed by atoms with Gasteiger partial charge < -0.3 is 10.2 Å². The molecule has 0 spiro atoms. The third kappa shape index (κ3) is 2.29. The summed E-state index contributed by atoms with van der Waals surface area (Å²) in [6.45, 7) is 2.15. The lowest BCUT2D eigenvalue weighted by molar-refractivity contribution is -0.0540. The Kier molecular flexibility index (Phi) is 3.21. The van der Waals surface area contributed by atoms with Crippen LogP contribution in [0.25, 0.3) is 0 Å². The van der Waals surface area contributed by atoms with Gasteiger partial charge in [-0.1, -0.05) is 30.7 Å². The van der Waals surface area contributed by atoms with Gasteiger partial charge in [0.1, 0.15) is 5.75 Å². The van der Waals surface area contributed by atoms with Gasteiger partial charge in [0, 0.05) is 5.92 Å². The number of benzene rings is 1. The molecule has 2 N–H and O–H groups in total. The van der Waals surface area contributed by atoms with Crippen LogP contribution in [0.2, 0.25) is 0 Å². The molecule has 0 heterocycles. The average Bonchev–Trinajstić information content (AvgIpc) is 2.56. The van der Waals surface area contributed by atoms with Crippen molar-refractivity contribution in [3.63, 3.8) is 0 Å². The first-order valence-electron chi connectivity index (χ1n) is 9.88. The third-order valence-corrected chi connectivity index (χ3v) is 7.71. The fourth-order valence-corrected chi connectivity index (χ4v) is 7.04. The Morgan fingerprint density at radius 3 is 2.16 bits per heavy atom. The molecule has 0 amide bonds. The maximum Gasteiger partial charge on any atom is 0.115 e. The SMILES string of the molecule is CC1CC(C23CC4CC(C2)CC(c2ccc(O)cc2)(C4)C3)=CC=C1O. The smallest absolute Gasteiger partial charge is 0.115 e. The molecule has 4 bridgehead atoms. The minimum atomic E-state index is 0.262. The molecule has 0 aliphatic heterocycles. The highest BCUT2D eigenvalue weighted by atomic mass is 16.3. The summed E-state index contributed by atoms with van der Waals surface area (Å²) in [5.41, 5.74) is 3.67. The molecule has 4 saturated carbocycles. The van der Waals surface area contributed by atoms with Crippen LogP contribution in [0.3, 0.4) is 0 Å². The number of hydrogen-bond acceptors (Lipinski definition) is 2. The molecule has 5 aliphatic carbocycles. The summed E-state index contributed by atoms with van der Waals surface area (Å²) >= 11 is 0. The molecule has 2 nitrogen and oxygen atoms in total. The fraction of sp³-hybridized carbons (Fsp3) is 0.565. The van der Waals surface area contributed by atoms with Gasteiger partial charge in [0.05, 0.1) is 5.76 Å². The van der Waals surface area contributed by atoms with Crippen molar-refractivity contribution in [3.8, 4) is 5.75 Å². The molecule has 0 radical (unpaired) electrons. The molecule has 1 aromatic rings. The Labute approximate surface area is 150 Å². The monoisotopic (exact) mass is 336 g/mol. The van der Waals surface area contributed by atoms with Crippen molar-refractivity contribution < 1.29 is 10.2 Å². The van der Waals surface area contributed by atoms with Crippen molar-refractivity contribution in [3.05, 3.63) is 53.3 Å². The minimum Gasteiger partial charge on any atom is -0.512 e. The van der Waals surface area contributed by atoms with E-state index in [0.717, 1.165) is 18.3 Å². The maximum absolute atomic E-state index is 10.0. The van der Waals surface area contributed by atoms with Crippen LogP contribution in [-0.4, -0.2) is 10.2 Å². The van der Waals surface area contributed by atoms with E-state index in [1.165, 1.54) is 44.1 Å². The topological polar surface area (TPSA) is 40.5 Å². The normalized spacial score (nSPS) is 42.2. The van der Waals surface area contributed by atoms with E-state index >= 15 is 0 Å². The molecule has 25 heavy (non-hydrogen) atoms. The summed E-state index contributed by atoms with van der Waals surface area (Å²) in [5.74, 6) is 2.85. The minimum absolute atomic E-state index is 0.262. The van der Waals surface area contributed by atoms with Gasteiger partial charge in [-0.2, -0.15) is 0 Å². The first-order chi connectivity index (χ1) is 12.0. The van der Waals surface area contributed by atoms with Gasteiger partial charge in [-0.15, -0.1) is 0 Å². The zero-order valence-corrected chi connectivity index (χ0v) is 15.0. The molecule has 5 aliphatic rings. The predicted octanol–water partition coefficient (Wildman–Crippen LogP) is 5.64. The van der Waals surface area contributed by atoms with Gasteiger partial charge in [0.25, 0.3) is 0 Å². The van der Waals surface area contributed by atoms with Crippen molar-refractivity contribution in [2.24, 2.45) is 23.2 Å². The van der Waals surface area contributed by atoms with Crippen LogP contribution >= 0.6 is 0 Å². The number of aliphatic hydroxyl groups is 1. The Bertz CT molecular complexity index is 741. The van der Waals surface area contributed by atoms with Crippen molar-refractivity contribution in [2.75, 3.05) is 0 Å². The van der Waals surface area contributed by atoms with E-state index in [-0.39, 0.29) is 5.92 Å². The lowest BCUT2D eigenvalue weighted by Crippen LogP contribution is -2.54. The molecule has 1 aromatic carbocycles. The highest BCUT2D eigenvalue weighted by molar-refractivity contribution is 5.38. The van der Waals surface area contributed by atoms with Crippen LogP contribution in [0, 0.1) is 23.2 Å². The largest absolute Gasteiger partial charge is 0.512 e. The van der Waals surface area contributed by atoms with Crippen molar-refractivity contribution in [1.82, 2.24) is 0 Å². The van der Waals surface area contributed by atoms with Crippen molar-refractivity contribution in [2.45, 2.75) is 57.3 Å². The van der Waals surface area contributed by atoms with Crippen molar-refractivity contribution in [1.29, 1.82) is 0 Å². The van der Waals surface area contributed by atoms with E-state index in [0.29, 0.717) is 22.3 Å². The van der Waals surface area contributed by atoms with Gasteiger partial charge in [0.2, 0.25) is 0 Å². The molecule has 3 atom stereocenters. The Morgan fingerprint density at radius 1 is 0.880 bits per heavy atom. The lowest BCUT2D eigenvalue weighted by atomic mass is 9.41. The number of phenolic OH excluding ortho intramolecular Hbond substituents is 1. The fourth-order valence-electron chi connectivity index (χ4n) is 7.04. The molecule has 3 unspecified atom stereocenters. The number of rotatable bonds is 2. The predicted molar refractivity (Wildman–Crippen MR) is 99.5 cm³/mol. The van der Waals surface area contributed by atoms with E-state index in [2.05, 4.69) is 25.1 Å². The quantitative estimate of drug-likeness (QED) is 0.734. The summed E-state index contributed by atoms with van der Waals surface area (Å²) in [6, 6.07) is 8.06. The molecule has 132 valence electrons. The van der Waals surface area contributed by atoms with Gasteiger partial charge in [-0.3, -0.25) is 0 Å². The first-order valence-corrected chi connectivity index (χ1v) is 9.88. The Morgan fingerprint density at radius 2 is 1.52 bits per heavy atom. The van der Waals surface area contributed by atoms with E-state index in [1.807, 2.05) is 18.2 Å². The standard InChI is InChI=1S/C23H28O2/c1-15-8-19(4-7-21(15)25)23-12-16-9-17(13-23)11-22(10-16,14-23)18-2-5-20(24)6-3-18/h2-7,15-17,24-25H,8-14H2,1H3. The van der Waals surface area contributed by atoms with E-state index in [4.69, 9.17) is 0 Å². The second-order valence-electron chi connectivity index (χ2n) is 9.46. The van der Waals surface area contributed by atoms with E-state index in [1.54, 1.807) is 5.57 Å². The summed E-state index contributed by atoms with van der Waals surface area (Å²) in [7, 11) is 0. The Hall–Kier alpha value is -1.70. The average molecular weight is 336 g/mol. The highest BCUT2D eigenvalue weighted by Gasteiger charge is 2.59. The molecule has 4 fully saturated rings. The van der Waals surface area contributed by atoms with Gasteiger partial charge >= 0.3 is 0 Å². The number of aromatic hydroxyl groups is 1.